The van der Waals surface area contributed by atoms with E-state index in [0.717, 1.165) is 15.7 Å². The highest BCUT2D eigenvalue weighted by atomic mass is 32.2. The van der Waals surface area contributed by atoms with Crippen molar-refractivity contribution in [2.24, 2.45) is 5.92 Å². The number of hydrogen-bond donors (Lipinski definition) is 1. The molecule has 2 aromatic rings. The van der Waals surface area contributed by atoms with Gasteiger partial charge in [0, 0.05) is 0 Å². The molecule has 0 radical (unpaired) electrons. The largest absolute Gasteiger partial charge is 0.465 e. The first kappa shape index (κ1) is 22.2. The number of ether oxygens (including phenoxy) is 2. The second-order valence-corrected chi connectivity index (χ2v) is 10.0. The van der Waals surface area contributed by atoms with Gasteiger partial charge in [0.15, 0.2) is 16.7 Å². The highest BCUT2D eigenvalue weighted by Crippen LogP contribution is 2.40. The number of carbonyl (C=O) groups excluding carboxylic acids is 2. The zero-order chi connectivity index (χ0) is 22.1. The smallest absolute Gasteiger partial charge is 0.360 e. The number of nitrogens with one attached hydrogen (secondary N) is 1. The van der Waals surface area contributed by atoms with Crippen LogP contribution in [-0.4, -0.2) is 47.8 Å². The van der Waals surface area contributed by atoms with Crippen molar-refractivity contribution in [3.8, 4) is 0 Å². The molecule has 2 heterocycles. The normalized spacial score (nSPS) is 15.0. The molecule has 162 valence electrons. The SMILES string of the molecule is CCOC(=O)C(C)Sc1nc(C(=O)OCC(C)C)c2n1S(=O)(=O)c1ccccc1N2. The number of thioether (sulfide) groups is 1. The van der Waals surface area contributed by atoms with Gasteiger partial charge in [-0.25, -0.2) is 18.2 Å². The minimum atomic E-state index is -4.05. The number of nitrogens with zero attached hydrogens (tertiary/aromatic N) is 2. The van der Waals surface area contributed by atoms with Gasteiger partial charge in [-0.3, -0.25) is 4.79 Å². The van der Waals surface area contributed by atoms with Crippen LogP contribution in [0.15, 0.2) is 34.3 Å². The fourth-order valence-electron chi connectivity index (χ4n) is 2.73. The third-order valence-electron chi connectivity index (χ3n) is 4.11. The Morgan fingerprint density at radius 2 is 1.90 bits per heavy atom. The third-order valence-corrected chi connectivity index (χ3v) is 7.00. The lowest BCUT2D eigenvalue weighted by Gasteiger charge is -2.22. The fourth-order valence-corrected chi connectivity index (χ4v) is 5.43. The van der Waals surface area contributed by atoms with Crippen LogP contribution in [0.5, 0.6) is 0 Å². The van der Waals surface area contributed by atoms with Crippen LogP contribution >= 0.6 is 11.8 Å². The molecule has 11 heteroatoms. The van der Waals surface area contributed by atoms with Crippen LogP contribution in [0, 0.1) is 5.92 Å². The molecule has 1 aromatic carbocycles. The molecule has 30 heavy (non-hydrogen) atoms. The topological polar surface area (TPSA) is 117 Å². The summed E-state index contributed by atoms with van der Waals surface area (Å²) in [7, 11) is -4.05. The predicted molar refractivity (Wildman–Crippen MR) is 112 cm³/mol. The number of benzene rings is 1. The summed E-state index contributed by atoms with van der Waals surface area (Å²) in [5.41, 5.74) is 0.171. The number of para-hydroxylation sites is 1. The van der Waals surface area contributed by atoms with E-state index in [-0.39, 0.29) is 40.7 Å². The molecule has 0 saturated carbocycles. The molecule has 3 rings (SSSR count). The molecule has 0 saturated heterocycles. The van der Waals surface area contributed by atoms with E-state index in [4.69, 9.17) is 9.47 Å². The van der Waals surface area contributed by atoms with Crippen molar-refractivity contribution in [2.45, 2.75) is 43.0 Å². The lowest BCUT2D eigenvalue weighted by atomic mass is 10.2. The number of rotatable bonds is 7. The standard InChI is InChI=1S/C19H23N3O6S2/c1-5-27-17(23)12(4)29-19-21-15(18(24)28-10-11(2)3)16-20-13-8-6-7-9-14(13)30(25,26)22(16)19/h6-9,11-12,20H,5,10H2,1-4H3. The van der Waals surface area contributed by atoms with Crippen molar-refractivity contribution in [3.63, 3.8) is 0 Å². The Kier molecular flexibility index (Phi) is 6.41. The lowest BCUT2D eigenvalue weighted by Crippen LogP contribution is -2.24. The Labute approximate surface area is 179 Å². The van der Waals surface area contributed by atoms with Crippen molar-refractivity contribution in [3.05, 3.63) is 30.0 Å². The van der Waals surface area contributed by atoms with Crippen molar-refractivity contribution >= 4 is 45.2 Å². The van der Waals surface area contributed by atoms with Crippen molar-refractivity contribution in [1.82, 2.24) is 8.96 Å². The van der Waals surface area contributed by atoms with Gasteiger partial charge in [-0.1, -0.05) is 37.7 Å². The number of esters is 2. The average molecular weight is 454 g/mol. The summed E-state index contributed by atoms with van der Waals surface area (Å²) in [4.78, 5) is 29.0. The van der Waals surface area contributed by atoms with E-state index in [1.807, 2.05) is 13.8 Å². The number of imidazole rings is 1. The summed E-state index contributed by atoms with van der Waals surface area (Å²) in [5, 5.41) is 2.22. The van der Waals surface area contributed by atoms with Crippen molar-refractivity contribution < 1.29 is 27.5 Å². The van der Waals surface area contributed by atoms with Gasteiger partial charge in [-0.05, 0) is 31.9 Å². The predicted octanol–water partition coefficient (Wildman–Crippen LogP) is 3.03. The van der Waals surface area contributed by atoms with E-state index >= 15 is 0 Å². The van der Waals surface area contributed by atoms with E-state index in [1.54, 1.807) is 32.0 Å². The van der Waals surface area contributed by atoms with Crippen LogP contribution in [-0.2, 0) is 24.3 Å². The molecule has 0 amide bonds. The molecular weight excluding hydrogens is 430 g/mol. The molecule has 1 aliphatic heterocycles. The van der Waals surface area contributed by atoms with E-state index in [1.165, 1.54) is 6.07 Å². The summed E-state index contributed by atoms with van der Waals surface area (Å²) < 4.78 is 37.8. The third kappa shape index (κ3) is 4.17. The molecule has 1 atom stereocenters. The van der Waals surface area contributed by atoms with E-state index in [0.29, 0.717) is 5.69 Å². The molecule has 9 nitrogen and oxygen atoms in total. The Morgan fingerprint density at radius 3 is 2.57 bits per heavy atom. The van der Waals surface area contributed by atoms with Gasteiger partial charge in [0.1, 0.15) is 10.1 Å². The van der Waals surface area contributed by atoms with Crippen LogP contribution in [0.1, 0.15) is 38.2 Å². The number of anilines is 2. The molecule has 1 N–H and O–H groups in total. The van der Waals surface area contributed by atoms with E-state index in [2.05, 4.69) is 10.3 Å². The maximum Gasteiger partial charge on any atom is 0.360 e. The zero-order valence-electron chi connectivity index (χ0n) is 17.0. The van der Waals surface area contributed by atoms with Gasteiger partial charge in [0.05, 0.1) is 18.9 Å². The van der Waals surface area contributed by atoms with Crippen molar-refractivity contribution in [2.75, 3.05) is 18.5 Å². The monoisotopic (exact) mass is 453 g/mol. The summed E-state index contributed by atoms with van der Waals surface area (Å²) in [6.45, 7) is 7.40. The molecule has 0 fully saturated rings. The molecule has 1 unspecified atom stereocenters. The maximum absolute atomic E-state index is 13.3. The van der Waals surface area contributed by atoms with Crippen molar-refractivity contribution in [1.29, 1.82) is 0 Å². The Bertz CT molecular complexity index is 1080. The van der Waals surface area contributed by atoms with Gasteiger partial charge in [0.25, 0.3) is 10.0 Å². The molecule has 0 spiro atoms. The molecular formula is C19H23N3O6S2. The summed E-state index contributed by atoms with van der Waals surface area (Å²) >= 11 is 0.896. The number of hydrogen-bond acceptors (Lipinski definition) is 9. The first-order valence-electron chi connectivity index (χ1n) is 9.41. The lowest BCUT2D eigenvalue weighted by molar-refractivity contribution is -0.142. The minimum Gasteiger partial charge on any atom is -0.465 e. The van der Waals surface area contributed by atoms with Crippen LogP contribution in [0.3, 0.4) is 0 Å². The molecule has 1 aliphatic rings. The second kappa shape index (κ2) is 8.68. The molecule has 0 aliphatic carbocycles. The Hall–Kier alpha value is -2.53. The summed E-state index contributed by atoms with van der Waals surface area (Å²) in [6.07, 6.45) is 0. The molecule has 1 aromatic heterocycles. The first-order chi connectivity index (χ1) is 14.2. The number of carbonyl (C=O) groups is 2. The van der Waals surface area contributed by atoms with Crippen LogP contribution in [0.2, 0.25) is 0 Å². The molecule has 0 bridgehead atoms. The van der Waals surface area contributed by atoms with Crippen LogP contribution in [0.4, 0.5) is 11.5 Å². The van der Waals surface area contributed by atoms with E-state index in [9.17, 15) is 18.0 Å². The van der Waals surface area contributed by atoms with Gasteiger partial charge in [0.2, 0.25) is 0 Å². The second-order valence-electron chi connectivity index (χ2n) is 6.99. The zero-order valence-corrected chi connectivity index (χ0v) is 18.7. The fraction of sp³-hybridized carbons (Fsp3) is 0.421. The summed E-state index contributed by atoms with van der Waals surface area (Å²) in [6, 6.07) is 6.34. The Morgan fingerprint density at radius 1 is 1.20 bits per heavy atom. The average Bonchev–Trinajstić information content (AvgIpc) is 3.05. The minimum absolute atomic E-state index is 0.0129. The van der Waals surface area contributed by atoms with Gasteiger partial charge < -0.3 is 14.8 Å². The first-order valence-corrected chi connectivity index (χ1v) is 11.7. The van der Waals surface area contributed by atoms with Gasteiger partial charge in [-0.15, -0.1) is 0 Å². The number of aromatic nitrogens is 2. The highest BCUT2D eigenvalue weighted by Gasteiger charge is 2.37. The highest BCUT2D eigenvalue weighted by molar-refractivity contribution is 8.01. The maximum atomic E-state index is 13.3. The van der Waals surface area contributed by atoms with Gasteiger partial charge in [-0.2, -0.15) is 3.97 Å². The quantitative estimate of drug-likeness (QED) is 0.425. The summed E-state index contributed by atoms with van der Waals surface area (Å²) in [5.74, 6) is -1.17. The van der Waals surface area contributed by atoms with Crippen LogP contribution in [0.25, 0.3) is 0 Å². The van der Waals surface area contributed by atoms with E-state index < -0.39 is 27.2 Å². The van der Waals surface area contributed by atoms with Crippen LogP contribution < -0.4 is 5.32 Å². The Balaban J connectivity index is 2.09. The van der Waals surface area contributed by atoms with Gasteiger partial charge >= 0.3 is 11.9 Å². The number of fused-ring (bicyclic) bond motifs is 2.